The highest BCUT2D eigenvalue weighted by molar-refractivity contribution is 5.86. The highest BCUT2D eigenvalue weighted by Crippen LogP contribution is 2.34. The summed E-state index contributed by atoms with van der Waals surface area (Å²) in [4.78, 5) is 13.0. The molecule has 0 saturated heterocycles. The molecule has 0 aliphatic carbocycles. The van der Waals surface area contributed by atoms with Gasteiger partial charge in [0, 0.05) is 0 Å². The second-order valence-corrected chi connectivity index (χ2v) is 7.52. The van der Waals surface area contributed by atoms with Crippen LogP contribution in [-0.4, -0.2) is 16.7 Å². The summed E-state index contributed by atoms with van der Waals surface area (Å²) in [6.45, 7) is 5.36. The molecule has 3 rings (SSSR count). The molecule has 0 heterocycles. The van der Waals surface area contributed by atoms with E-state index in [-0.39, 0.29) is 0 Å². The molecule has 3 aromatic rings. The zero-order chi connectivity index (χ0) is 19.5. The van der Waals surface area contributed by atoms with Gasteiger partial charge < -0.3 is 9.84 Å². The van der Waals surface area contributed by atoms with E-state index in [2.05, 4.69) is 0 Å². The first-order valence-corrected chi connectivity index (χ1v) is 8.98. The lowest BCUT2D eigenvalue weighted by atomic mass is 9.85. The van der Waals surface area contributed by atoms with Crippen molar-refractivity contribution in [2.75, 3.05) is 0 Å². The number of aliphatic hydroxyl groups is 1. The maximum Gasteiger partial charge on any atom is 0.348 e. The predicted octanol–water partition coefficient (Wildman–Crippen LogP) is 4.93. The Balaban J connectivity index is 2.04. The van der Waals surface area contributed by atoms with E-state index in [0.717, 1.165) is 11.1 Å². The highest BCUT2D eigenvalue weighted by atomic mass is 16.6. The quantitative estimate of drug-likeness (QED) is 0.671. The van der Waals surface area contributed by atoms with E-state index in [1.165, 1.54) is 0 Å². The monoisotopic (exact) mass is 360 g/mol. The molecule has 0 aliphatic rings. The molecule has 0 bridgehead atoms. The SMILES string of the molecule is CC(C)(C)OC(=O)[C@@](O)(c1ccccc1)c1ccc(-c2ccccc2)cc1. The van der Waals surface area contributed by atoms with Crippen LogP contribution >= 0.6 is 0 Å². The molecule has 138 valence electrons. The molecule has 3 nitrogen and oxygen atoms in total. The Bertz CT molecular complexity index is 894. The number of hydrogen-bond donors (Lipinski definition) is 1. The summed E-state index contributed by atoms with van der Waals surface area (Å²) >= 11 is 0. The van der Waals surface area contributed by atoms with Crippen LogP contribution in [0.3, 0.4) is 0 Å². The van der Waals surface area contributed by atoms with Crippen LogP contribution in [0.5, 0.6) is 0 Å². The number of esters is 1. The molecule has 0 aliphatic heterocycles. The van der Waals surface area contributed by atoms with Crippen molar-refractivity contribution < 1.29 is 14.6 Å². The number of benzene rings is 3. The summed E-state index contributed by atoms with van der Waals surface area (Å²) in [5, 5.41) is 11.5. The average molecular weight is 360 g/mol. The fourth-order valence-electron chi connectivity index (χ4n) is 2.97. The summed E-state index contributed by atoms with van der Waals surface area (Å²) in [6, 6.07) is 26.2. The first kappa shape index (κ1) is 18.9. The van der Waals surface area contributed by atoms with Crippen molar-refractivity contribution in [3.8, 4) is 11.1 Å². The number of rotatable bonds is 4. The van der Waals surface area contributed by atoms with Crippen LogP contribution in [0.2, 0.25) is 0 Å². The maximum atomic E-state index is 13.0. The Morgan fingerprint density at radius 3 is 1.67 bits per heavy atom. The van der Waals surface area contributed by atoms with Crippen molar-refractivity contribution in [1.29, 1.82) is 0 Å². The molecule has 0 saturated carbocycles. The molecule has 0 spiro atoms. The zero-order valence-electron chi connectivity index (χ0n) is 15.8. The average Bonchev–Trinajstić information content (AvgIpc) is 2.67. The highest BCUT2D eigenvalue weighted by Gasteiger charge is 2.43. The molecule has 1 N–H and O–H groups in total. The normalized spacial score (nSPS) is 13.6. The third-order valence-corrected chi connectivity index (χ3v) is 4.30. The van der Waals surface area contributed by atoms with Gasteiger partial charge in [0.25, 0.3) is 0 Å². The summed E-state index contributed by atoms with van der Waals surface area (Å²) in [7, 11) is 0. The molecule has 0 aromatic heterocycles. The fraction of sp³-hybridized carbons (Fsp3) is 0.208. The molecule has 0 fully saturated rings. The van der Waals surface area contributed by atoms with Gasteiger partial charge in [-0.2, -0.15) is 0 Å². The topological polar surface area (TPSA) is 46.5 Å². The Morgan fingerprint density at radius 2 is 1.15 bits per heavy atom. The fourth-order valence-corrected chi connectivity index (χ4v) is 2.97. The van der Waals surface area contributed by atoms with Crippen molar-refractivity contribution in [3.05, 3.63) is 96.1 Å². The Kier molecular flexibility index (Phi) is 5.15. The van der Waals surface area contributed by atoms with Gasteiger partial charge in [0.1, 0.15) is 5.60 Å². The zero-order valence-corrected chi connectivity index (χ0v) is 15.8. The minimum absolute atomic E-state index is 0.475. The third-order valence-electron chi connectivity index (χ3n) is 4.30. The van der Waals surface area contributed by atoms with E-state index < -0.39 is 17.2 Å². The Hall–Kier alpha value is -2.91. The van der Waals surface area contributed by atoms with Gasteiger partial charge in [0.2, 0.25) is 5.60 Å². The standard InChI is InChI=1S/C24H24O3/c1-23(2,3)27-22(25)24(26,20-12-8-5-9-13-20)21-16-14-19(15-17-21)18-10-6-4-7-11-18/h4-17,26H,1-3H3/t24-/m1/s1. The largest absolute Gasteiger partial charge is 0.457 e. The van der Waals surface area contributed by atoms with E-state index in [1.807, 2.05) is 48.5 Å². The van der Waals surface area contributed by atoms with Gasteiger partial charge in [0.05, 0.1) is 0 Å². The molecular formula is C24H24O3. The van der Waals surface area contributed by atoms with E-state index in [4.69, 9.17) is 4.74 Å². The molecule has 1 atom stereocenters. The van der Waals surface area contributed by atoms with Crippen molar-refractivity contribution in [3.63, 3.8) is 0 Å². The van der Waals surface area contributed by atoms with Gasteiger partial charge in [-0.25, -0.2) is 4.79 Å². The van der Waals surface area contributed by atoms with Crippen LogP contribution in [0, 0.1) is 0 Å². The number of hydrogen-bond acceptors (Lipinski definition) is 3. The van der Waals surface area contributed by atoms with Crippen molar-refractivity contribution >= 4 is 5.97 Å². The van der Waals surface area contributed by atoms with E-state index in [9.17, 15) is 9.90 Å². The molecule has 0 radical (unpaired) electrons. The van der Waals surface area contributed by atoms with Gasteiger partial charge in [-0.05, 0) is 43.0 Å². The second kappa shape index (κ2) is 7.37. The lowest BCUT2D eigenvalue weighted by Gasteiger charge is -2.31. The summed E-state index contributed by atoms with van der Waals surface area (Å²) in [5.74, 6) is -0.686. The maximum absolute atomic E-state index is 13.0. The molecular weight excluding hydrogens is 336 g/mol. The van der Waals surface area contributed by atoms with Gasteiger partial charge in [0.15, 0.2) is 0 Å². The predicted molar refractivity (Wildman–Crippen MR) is 107 cm³/mol. The number of ether oxygens (including phenoxy) is 1. The summed E-state index contributed by atoms with van der Waals surface area (Å²) in [5.41, 5.74) is 0.464. The molecule has 3 heteroatoms. The summed E-state index contributed by atoms with van der Waals surface area (Å²) in [6.07, 6.45) is 0. The van der Waals surface area contributed by atoms with Crippen LogP contribution in [-0.2, 0) is 15.1 Å². The second-order valence-electron chi connectivity index (χ2n) is 7.52. The molecule has 0 unspecified atom stereocenters. The first-order valence-electron chi connectivity index (χ1n) is 8.98. The first-order chi connectivity index (χ1) is 12.8. The minimum atomic E-state index is -1.87. The van der Waals surface area contributed by atoms with Gasteiger partial charge in [-0.1, -0.05) is 84.9 Å². The van der Waals surface area contributed by atoms with Crippen LogP contribution in [0.4, 0.5) is 0 Å². The Labute approximate surface area is 160 Å². The molecule has 27 heavy (non-hydrogen) atoms. The number of carbonyl (C=O) groups excluding carboxylic acids is 1. The van der Waals surface area contributed by atoms with Crippen LogP contribution in [0.25, 0.3) is 11.1 Å². The third kappa shape index (κ3) is 4.09. The van der Waals surface area contributed by atoms with E-state index in [1.54, 1.807) is 57.2 Å². The lowest BCUT2D eigenvalue weighted by molar-refractivity contribution is -0.173. The van der Waals surface area contributed by atoms with Crippen LogP contribution in [0.15, 0.2) is 84.9 Å². The van der Waals surface area contributed by atoms with Gasteiger partial charge in [-0.15, -0.1) is 0 Å². The van der Waals surface area contributed by atoms with Crippen LogP contribution in [0.1, 0.15) is 31.9 Å². The van der Waals surface area contributed by atoms with Crippen LogP contribution < -0.4 is 0 Å². The van der Waals surface area contributed by atoms with Crippen molar-refractivity contribution in [1.82, 2.24) is 0 Å². The number of carbonyl (C=O) groups is 1. The molecule has 0 amide bonds. The smallest absolute Gasteiger partial charge is 0.348 e. The van der Waals surface area contributed by atoms with E-state index in [0.29, 0.717) is 11.1 Å². The van der Waals surface area contributed by atoms with Crippen molar-refractivity contribution in [2.24, 2.45) is 0 Å². The van der Waals surface area contributed by atoms with Gasteiger partial charge >= 0.3 is 5.97 Å². The van der Waals surface area contributed by atoms with Gasteiger partial charge in [-0.3, -0.25) is 0 Å². The minimum Gasteiger partial charge on any atom is -0.457 e. The lowest BCUT2D eigenvalue weighted by Crippen LogP contribution is -2.42. The summed E-state index contributed by atoms with van der Waals surface area (Å²) < 4.78 is 5.54. The van der Waals surface area contributed by atoms with E-state index >= 15 is 0 Å². The Morgan fingerprint density at radius 1 is 0.704 bits per heavy atom. The molecule has 3 aromatic carbocycles. The van der Waals surface area contributed by atoms with Crippen molar-refractivity contribution in [2.45, 2.75) is 32.0 Å².